The second-order valence-corrected chi connectivity index (χ2v) is 23.5. The number of nitrogens with one attached hydrogen (secondary N) is 3. The molecule has 9 rings (SSSR count). The molecule has 6 heterocycles. The molecule has 2 aliphatic rings. The first-order chi connectivity index (χ1) is 37.2. The third kappa shape index (κ3) is 12.2. The van der Waals surface area contributed by atoms with E-state index in [1.54, 1.807) is 34.4 Å². The van der Waals surface area contributed by atoms with Crippen LogP contribution in [-0.2, 0) is 37.0 Å². The summed E-state index contributed by atoms with van der Waals surface area (Å²) in [5, 5.41) is 30.0. The molecule has 2 aliphatic heterocycles. The molecule has 0 spiro atoms. The fourth-order valence-corrected chi connectivity index (χ4v) is 12.0. The van der Waals surface area contributed by atoms with Crippen molar-refractivity contribution < 1.29 is 29.0 Å². The van der Waals surface area contributed by atoms with Crippen molar-refractivity contribution in [3.05, 3.63) is 162 Å². The number of aryl methyl sites for hydroxylation is 3. The van der Waals surface area contributed by atoms with Gasteiger partial charge in [0.1, 0.15) is 35.6 Å². The Morgan fingerprint density at radius 2 is 1.59 bits per heavy atom. The maximum absolute atomic E-state index is 14.1. The lowest BCUT2D eigenvalue weighted by Gasteiger charge is -2.35. The molecule has 4 amide bonds. The van der Waals surface area contributed by atoms with Gasteiger partial charge >= 0.3 is 0 Å². The number of hydrogen-bond donors (Lipinski definition) is 4. The molecule has 1 saturated heterocycles. The average Bonchev–Trinajstić information content (AvgIpc) is 4.19. The van der Waals surface area contributed by atoms with Gasteiger partial charge in [0.05, 0.1) is 47.0 Å². The third-order valence-corrected chi connectivity index (χ3v) is 16.7. The Hall–Kier alpha value is -7.16. The molecule has 7 aromatic rings. The van der Waals surface area contributed by atoms with Crippen LogP contribution in [0.1, 0.15) is 103 Å². The standard InChI is InChI=1S/C58H63ClN10O7S2/c1-32-35(4)78-57-50(32)51(40-17-19-43(59)20-18-40)63-45(54-66-65-36(5)69(54)57)27-47(71)62-33(2)38-13-15-39(16-14-38)42-21-22-67(49(73)25-42)23-24-76-30-48(72)64-53(58(6,7)8)56(75)68-29-44(70)26-46(68)55(74)60-28-37-9-11-41(12-10-37)52-34(3)61-31-77-52/h9-22,25,31,33,44-46,53,70H,23-24,26-30H2,1-8H3,(H,60,74)(H,62,71)(H,64,72)/t33-,44-,45+,46+,53?/m1/s1. The van der Waals surface area contributed by atoms with Gasteiger partial charge in [-0.1, -0.05) is 93.0 Å². The number of amides is 4. The topological polar surface area (TPSA) is 215 Å². The summed E-state index contributed by atoms with van der Waals surface area (Å²) in [6.07, 6.45) is 0.873. The van der Waals surface area contributed by atoms with E-state index in [0.717, 1.165) is 65.1 Å². The number of carbonyl (C=O) groups excluding carboxylic acids is 4. The second-order valence-electron chi connectivity index (χ2n) is 21.0. The van der Waals surface area contributed by atoms with Gasteiger partial charge in [0, 0.05) is 59.3 Å². The summed E-state index contributed by atoms with van der Waals surface area (Å²) in [5.74, 6) is -0.311. The molecule has 4 N–H and O–H groups in total. The van der Waals surface area contributed by atoms with E-state index in [1.165, 1.54) is 15.5 Å². The molecule has 0 aliphatic carbocycles. The molecule has 1 fully saturated rings. The van der Waals surface area contributed by atoms with Crippen LogP contribution in [-0.4, -0.2) is 102 Å². The van der Waals surface area contributed by atoms with Crippen molar-refractivity contribution in [2.45, 2.75) is 112 Å². The SMILES string of the molecule is Cc1ncsc1-c1ccc(CNC(=O)[C@@H]2C[C@@H](O)CN2C(=O)C(NC(=O)COCCn2ccc(-c3ccc([C@@H](C)NC(=O)C[C@@H]4N=C(c5ccc(Cl)cc5)c5c(sc(C)c5C)-n5c(C)nnc54)cc3)cc2=O)C(C)(C)C)cc1. The Labute approximate surface area is 465 Å². The van der Waals surface area contributed by atoms with Crippen LogP contribution < -0.4 is 21.5 Å². The van der Waals surface area contributed by atoms with E-state index in [-0.39, 0.29) is 63.2 Å². The monoisotopic (exact) mass is 1110 g/mol. The van der Waals surface area contributed by atoms with Gasteiger partial charge < -0.3 is 35.3 Å². The molecule has 20 heteroatoms. The number of aromatic nitrogens is 5. The highest BCUT2D eigenvalue weighted by Gasteiger charge is 2.44. The minimum atomic E-state index is -1.02. The molecule has 78 heavy (non-hydrogen) atoms. The summed E-state index contributed by atoms with van der Waals surface area (Å²) in [5.41, 5.74) is 9.80. The first kappa shape index (κ1) is 55.6. The average molecular weight is 1110 g/mol. The number of aliphatic imine (C=N–C) groups is 1. The van der Waals surface area contributed by atoms with Gasteiger partial charge in [0.15, 0.2) is 5.82 Å². The van der Waals surface area contributed by atoms with E-state index in [2.05, 4.69) is 45.0 Å². The van der Waals surface area contributed by atoms with Crippen LogP contribution in [0.2, 0.25) is 5.02 Å². The first-order valence-corrected chi connectivity index (χ1v) is 27.9. The number of aliphatic hydroxyl groups is 1. The number of pyridine rings is 1. The Bertz CT molecular complexity index is 3450. The van der Waals surface area contributed by atoms with E-state index < -0.39 is 47.4 Å². The normalized spacial score (nSPS) is 16.9. The number of hydrogen-bond acceptors (Lipinski definition) is 13. The number of halogens is 1. The summed E-state index contributed by atoms with van der Waals surface area (Å²) < 4.78 is 9.20. The molecule has 406 valence electrons. The largest absolute Gasteiger partial charge is 0.391 e. The maximum Gasteiger partial charge on any atom is 0.251 e. The molecule has 0 saturated carbocycles. The summed E-state index contributed by atoms with van der Waals surface area (Å²) in [4.78, 5) is 81.2. The smallest absolute Gasteiger partial charge is 0.251 e. The van der Waals surface area contributed by atoms with E-state index in [0.29, 0.717) is 22.2 Å². The Balaban J connectivity index is 0.760. The number of nitrogens with zero attached hydrogens (tertiary/aromatic N) is 7. The predicted octanol–water partition coefficient (Wildman–Crippen LogP) is 8.15. The van der Waals surface area contributed by atoms with Crippen LogP contribution >= 0.6 is 34.3 Å². The number of fused-ring (bicyclic) bond motifs is 3. The van der Waals surface area contributed by atoms with E-state index in [9.17, 15) is 29.1 Å². The number of carbonyl (C=O) groups is 4. The van der Waals surface area contributed by atoms with Gasteiger partial charge in [-0.2, -0.15) is 0 Å². The van der Waals surface area contributed by atoms with Crippen LogP contribution in [0.3, 0.4) is 0 Å². The third-order valence-electron chi connectivity index (χ3n) is 14.3. The number of rotatable bonds is 17. The second kappa shape index (κ2) is 23.4. The molecule has 5 atom stereocenters. The molecule has 17 nitrogen and oxygen atoms in total. The summed E-state index contributed by atoms with van der Waals surface area (Å²) in [6, 6.07) is 23.5. The molecular weight excluding hydrogens is 1050 g/mol. The molecule has 0 radical (unpaired) electrons. The first-order valence-electron chi connectivity index (χ1n) is 25.8. The highest BCUT2D eigenvalue weighted by atomic mass is 35.5. The fraction of sp³-hybridized carbons (Fsp3) is 0.362. The van der Waals surface area contributed by atoms with Crippen LogP contribution in [0.4, 0.5) is 0 Å². The Morgan fingerprint density at radius 1 is 0.885 bits per heavy atom. The number of likely N-dealkylation sites (tertiary alicyclic amines) is 1. The van der Waals surface area contributed by atoms with Gasteiger partial charge in [-0.05, 0) is 91.6 Å². The van der Waals surface area contributed by atoms with Crippen molar-refractivity contribution in [3.63, 3.8) is 0 Å². The number of thiazole rings is 1. The van der Waals surface area contributed by atoms with E-state index in [4.69, 9.17) is 21.3 Å². The van der Waals surface area contributed by atoms with Crippen LogP contribution in [0, 0.1) is 33.1 Å². The van der Waals surface area contributed by atoms with Crippen molar-refractivity contribution in [1.82, 2.24) is 45.2 Å². The number of benzene rings is 3. The van der Waals surface area contributed by atoms with E-state index in [1.807, 2.05) is 125 Å². The van der Waals surface area contributed by atoms with Gasteiger partial charge in [-0.3, -0.25) is 33.5 Å². The lowest BCUT2D eigenvalue weighted by atomic mass is 9.85. The number of thiophene rings is 1. The highest BCUT2D eigenvalue weighted by molar-refractivity contribution is 7.15. The van der Waals surface area contributed by atoms with E-state index >= 15 is 0 Å². The Kier molecular flexibility index (Phi) is 16.7. The highest BCUT2D eigenvalue weighted by Crippen LogP contribution is 2.40. The zero-order valence-electron chi connectivity index (χ0n) is 44.8. The van der Waals surface area contributed by atoms with Gasteiger partial charge in [-0.25, -0.2) is 4.98 Å². The number of aliphatic hydroxyl groups excluding tert-OH is 1. The molecule has 4 aromatic heterocycles. The number of ether oxygens (including phenoxy) is 1. The maximum atomic E-state index is 14.1. The molecule has 1 unspecified atom stereocenters. The van der Waals surface area contributed by atoms with Gasteiger partial charge in [-0.15, -0.1) is 32.9 Å². The Morgan fingerprint density at radius 3 is 2.27 bits per heavy atom. The zero-order valence-corrected chi connectivity index (χ0v) is 47.2. The van der Waals surface area contributed by atoms with Gasteiger partial charge in [0.25, 0.3) is 5.56 Å². The summed E-state index contributed by atoms with van der Waals surface area (Å²) in [7, 11) is 0. The quantitative estimate of drug-likeness (QED) is 0.0642. The minimum Gasteiger partial charge on any atom is -0.391 e. The van der Waals surface area contributed by atoms with Crippen molar-refractivity contribution >= 4 is 63.6 Å². The number of β-amino-alcohol motifs (C(OH)–C–C–N with tert-alkyl or cyclic N) is 1. The molecular formula is C58H63ClN10O7S2. The van der Waals surface area contributed by atoms with Crippen molar-refractivity contribution in [2.75, 3.05) is 19.8 Å². The lowest BCUT2D eigenvalue weighted by molar-refractivity contribution is -0.144. The zero-order chi connectivity index (χ0) is 55.6. The fourth-order valence-electron chi connectivity index (χ4n) is 9.84. The van der Waals surface area contributed by atoms with Crippen LogP contribution in [0.5, 0.6) is 0 Å². The lowest BCUT2D eigenvalue weighted by Crippen LogP contribution is -2.58. The van der Waals surface area contributed by atoms with Gasteiger partial charge in [0.2, 0.25) is 23.6 Å². The minimum absolute atomic E-state index is 0.0401. The summed E-state index contributed by atoms with van der Waals surface area (Å²) in [6.45, 7) is 15.4. The molecule has 3 aromatic carbocycles. The summed E-state index contributed by atoms with van der Waals surface area (Å²) >= 11 is 9.49. The molecule has 0 bridgehead atoms. The van der Waals surface area contributed by atoms with Crippen molar-refractivity contribution in [2.24, 2.45) is 10.4 Å². The van der Waals surface area contributed by atoms with Crippen molar-refractivity contribution in [3.8, 4) is 26.6 Å². The van der Waals surface area contributed by atoms with Crippen LogP contribution in [0.15, 0.2) is 106 Å². The van der Waals surface area contributed by atoms with Crippen molar-refractivity contribution in [1.29, 1.82) is 0 Å². The van der Waals surface area contributed by atoms with Crippen LogP contribution in [0.25, 0.3) is 26.6 Å². The predicted molar refractivity (Wildman–Crippen MR) is 303 cm³/mol.